The highest BCUT2D eigenvalue weighted by molar-refractivity contribution is 5.80. The van der Waals surface area contributed by atoms with Crippen LogP contribution in [0.4, 0.5) is 13.2 Å². The molecule has 0 aliphatic carbocycles. The van der Waals surface area contributed by atoms with Gasteiger partial charge in [-0.3, -0.25) is 9.48 Å². The van der Waals surface area contributed by atoms with E-state index in [2.05, 4.69) is 43.4 Å². The van der Waals surface area contributed by atoms with E-state index in [1.54, 1.807) is 6.92 Å². The normalized spacial score (nSPS) is 21.8. The third kappa shape index (κ3) is 4.74. The molecule has 0 radical (unpaired) electrons. The average Bonchev–Trinajstić information content (AvgIpc) is 2.75. The zero-order valence-electron chi connectivity index (χ0n) is 15.6. The molecule has 1 atom stereocenters. The quantitative estimate of drug-likeness (QED) is 0.870. The van der Waals surface area contributed by atoms with Crippen LogP contribution >= 0.6 is 0 Å². The number of halogens is 3. The van der Waals surface area contributed by atoms with Gasteiger partial charge in [0.15, 0.2) is 5.69 Å². The first-order valence-corrected chi connectivity index (χ1v) is 8.43. The van der Waals surface area contributed by atoms with Crippen molar-refractivity contribution in [2.45, 2.75) is 83.7 Å². The molecular weight excluding hydrogens is 333 g/mol. The number of rotatable bonds is 3. The molecule has 0 saturated carbocycles. The van der Waals surface area contributed by atoms with Crippen molar-refractivity contribution in [2.75, 3.05) is 0 Å². The van der Waals surface area contributed by atoms with Gasteiger partial charge in [0.1, 0.15) is 6.04 Å². The summed E-state index contributed by atoms with van der Waals surface area (Å²) >= 11 is 0. The largest absolute Gasteiger partial charge is 0.435 e. The van der Waals surface area contributed by atoms with Gasteiger partial charge in [0.2, 0.25) is 5.91 Å². The van der Waals surface area contributed by atoms with Gasteiger partial charge in [0.05, 0.1) is 0 Å². The molecule has 0 aromatic carbocycles. The van der Waals surface area contributed by atoms with E-state index in [0.29, 0.717) is 5.69 Å². The van der Waals surface area contributed by atoms with E-state index in [4.69, 9.17) is 0 Å². The Morgan fingerprint density at radius 2 is 1.84 bits per heavy atom. The molecule has 2 rings (SSSR count). The topological polar surface area (TPSA) is 59.0 Å². The molecule has 1 aromatic rings. The number of amides is 1. The highest BCUT2D eigenvalue weighted by Crippen LogP contribution is 2.30. The van der Waals surface area contributed by atoms with Crippen LogP contribution in [0.3, 0.4) is 0 Å². The van der Waals surface area contributed by atoms with Crippen LogP contribution in [0.5, 0.6) is 0 Å². The smallest absolute Gasteiger partial charge is 0.351 e. The molecule has 1 aliphatic rings. The third-order valence-corrected chi connectivity index (χ3v) is 4.50. The number of aryl methyl sites for hydroxylation is 1. The number of nitrogens with zero attached hydrogens (tertiary/aromatic N) is 2. The van der Waals surface area contributed by atoms with Crippen molar-refractivity contribution in [1.82, 2.24) is 20.4 Å². The molecule has 0 unspecified atom stereocenters. The van der Waals surface area contributed by atoms with Crippen molar-refractivity contribution in [2.24, 2.45) is 0 Å². The fourth-order valence-electron chi connectivity index (χ4n) is 3.88. The zero-order chi connectivity index (χ0) is 19.2. The fourth-order valence-corrected chi connectivity index (χ4v) is 3.88. The lowest BCUT2D eigenvalue weighted by Crippen LogP contribution is -2.62. The Kier molecular flexibility index (Phi) is 4.98. The second kappa shape index (κ2) is 6.30. The molecule has 1 aliphatic heterocycles. The summed E-state index contributed by atoms with van der Waals surface area (Å²) in [6, 6.07) is 0.108. The van der Waals surface area contributed by atoms with Crippen LogP contribution in [0.2, 0.25) is 0 Å². The molecule has 0 spiro atoms. The van der Waals surface area contributed by atoms with E-state index >= 15 is 0 Å². The molecule has 0 bridgehead atoms. The molecule has 2 heterocycles. The van der Waals surface area contributed by atoms with E-state index in [0.717, 1.165) is 23.6 Å². The highest BCUT2D eigenvalue weighted by Gasteiger charge is 2.39. The molecule has 1 aromatic heterocycles. The second-order valence-corrected chi connectivity index (χ2v) is 8.30. The molecule has 5 nitrogen and oxygen atoms in total. The van der Waals surface area contributed by atoms with Crippen LogP contribution < -0.4 is 10.6 Å². The number of hydrogen-bond acceptors (Lipinski definition) is 3. The van der Waals surface area contributed by atoms with Gasteiger partial charge in [0, 0.05) is 22.8 Å². The SMILES string of the molecule is Cc1cc(C(F)(F)F)nn1[C@@H](C)C(=O)NC1CC(C)(C)NC(C)(C)C1. The molecule has 8 heteroatoms. The van der Waals surface area contributed by atoms with Crippen LogP contribution in [0.1, 0.15) is 64.9 Å². The van der Waals surface area contributed by atoms with Crippen LogP contribution in [-0.4, -0.2) is 32.8 Å². The Morgan fingerprint density at radius 3 is 2.28 bits per heavy atom. The maximum Gasteiger partial charge on any atom is 0.435 e. The summed E-state index contributed by atoms with van der Waals surface area (Å²) in [6.45, 7) is 11.4. The van der Waals surface area contributed by atoms with Crippen LogP contribution in [-0.2, 0) is 11.0 Å². The van der Waals surface area contributed by atoms with Gasteiger partial charge < -0.3 is 10.6 Å². The number of carbonyl (C=O) groups excluding carboxylic acids is 1. The van der Waals surface area contributed by atoms with Crippen molar-refractivity contribution < 1.29 is 18.0 Å². The summed E-state index contributed by atoms with van der Waals surface area (Å²) in [5.41, 5.74) is -0.933. The Bertz CT molecular complexity index is 633. The maximum atomic E-state index is 12.8. The summed E-state index contributed by atoms with van der Waals surface area (Å²) in [5, 5.41) is 10.1. The van der Waals surface area contributed by atoms with E-state index in [1.807, 2.05) is 0 Å². The summed E-state index contributed by atoms with van der Waals surface area (Å²) in [7, 11) is 0. The molecular formula is C17H27F3N4O. The van der Waals surface area contributed by atoms with Crippen LogP contribution in [0.25, 0.3) is 0 Å². The Labute approximate surface area is 146 Å². The standard InChI is InChI=1S/C17H27F3N4O/c1-10-7-13(17(18,19)20)22-24(10)11(2)14(25)21-12-8-15(3,4)23-16(5,6)9-12/h7,11-12,23H,8-9H2,1-6H3,(H,21,25)/t11-/m0/s1. The Balaban J connectivity index is 2.12. The number of hydrogen-bond donors (Lipinski definition) is 2. The Hall–Kier alpha value is -1.57. The van der Waals surface area contributed by atoms with Gasteiger partial charge in [-0.15, -0.1) is 0 Å². The van der Waals surface area contributed by atoms with Crippen LogP contribution in [0, 0.1) is 6.92 Å². The molecule has 1 saturated heterocycles. The lowest BCUT2D eigenvalue weighted by Gasteiger charge is -2.46. The maximum absolute atomic E-state index is 12.8. The van der Waals surface area contributed by atoms with Crippen molar-refractivity contribution in [1.29, 1.82) is 0 Å². The van der Waals surface area contributed by atoms with Gasteiger partial charge >= 0.3 is 6.18 Å². The zero-order valence-corrected chi connectivity index (χ0v) is 15.6. The first-order chi connectivity index (χ1) is 11.2. The number of carbonyl (C=O) groups is 1. The molecule has 2 N–H and O–H groups in total. The number of piperidine rings is 1. The molecule has 1 fully saturated rings. The average molecular weight is 360 g/mol. The van der Waals surface area contributed by atoms with Gasteiger partial charge in [-0.05, 0) is 60.5 Å². The van der Waals surface area contributed by atoms with Crippen molar-refractivity contribution in [3.05, 3.63) is 17.5 Å². The van der Waals surface area contributed by atoms with E-state index in [1.165, 1.54) is 6.92 Å². The minimum absolute atomic E-state index is 0.0424. The minimum atomic E-state index is -4.52. The number of alkyl halides is 3. The lowest BCUT2D eigenvalue weighted by atomic mass is 9.79. The Morgan fingerprint density at radius 1 is 1.32 bits per heavy atom. The number of aromatic nitrogens is 2. The fraction of sp³-hybridized carbons (Fsp3) is 0.765. The first-order valence-electron chi connectivity index (χ1n) is 8.43. The predicted molar refractivity (Wildman–Crippen MR) is 89.1 cm³/mol. The molecule has 142 valence electrons. The summed E-state index contributed by atoms with van der Waals surface area (Å²) in [4.78, 5) is 12.6. The monoisotopic (exact) mass is 360 g/mol. The van der Waals surface area contributed by atoms with Crippen LogP contribution in [0.15, 0.2) is 6.07 Å². The predicted octanol–water partition coefficient (Wildman–Crippen LogP) is 3.20. The van der Waals surface area contributed by atoms with E-state index < -0.39 is 17.9 Å². The van der Waals surface area contributed by atoms with Crippen molar-refractivity contribution in [3.8, 4) is 0 Å². The molecule has 25 heavy (non-hydrogen) atoms. The summed E-state index contributed by atoms with van der Waals surface area (Å²) in [6.07, 6.45) is -3.02. The van der Waals surface area contributed by atoms with Gasteiger partial charge in [-0.1, -0.05) is 0 Å². The third-order valence-electron chi connectivity index (χ3n) is 4.50. The minimum Gasteiger partial charge on any atom is -0.351 e. The molecule has 1 amide bonds. The van der Waals surface area contributed by atoms with Crippen molar-refractivity contribution in [3.63, 3.8) is 0 Å². The van der Waals surface area contributed by atoms with Crippen molar-refractivity contribution >= 4 is 5.91 Å². The van der Waals surface area contributed by atoms with E-state index in [-0.39, 0.29) is 23.0 Å². The van der Waals surface area contributed by atoms with Gasteiger partial charge in [-0.25, -0.2) is 0 Å². The first kappa shape index (κ1) is 19.8. The van der Waals surface area contributed by atoms with Gasteiger partial charge in [-0.2, -0.15) is 18.3 Å². The summed E-state index contributed by atoms with van der Waals surface area (Å²) < 4.78 is 39.6. The number of nitrogens with one attached hydrogen (secondary N) is 2. The highest BCUT2D eigenvalue weighted by atomic mass is 19.4. The summed E-state index contributed by atoms with van der Waals surface area (Å²) in [5.74, 6) is -0.321. The lowest BCUT2D eigenvalue weighted by molar-refractivity contribution is -0.142. The van der Waals surface area contributed by atoms with E-state index in [9.17, 15) is 18.0 Å². The van der Waals surface area contributed by atoms with Gasteiger partial charge in [0.25, 0.3) is 0 Å². The second-order valence-electron chi connectivity index (χ2n) is 8.30.